The van der Waals surface area contributed by atoms with Crippen molar-refractivity contribution in [1.29, 1.82) is 0 Å². The summed E-state index contributed by atoms with van der Waals surface area (Å²) in [5.41, 5.74) is 2.56. The van der Waals surface area contributed by atoms with E-state index in [0.29, 0.717) is 11.4 Å². The predicted molar refractivity (Wildman–Crippen MR) is 88.5 cm³/mol. The van der Waals surface area contributed by atoms with Crippen molar-refractivity contribution in [1.82, 2.24) is 4.41 Å². The van der Waals surface area contributed by atoms with E-state index in [1.54, 1.807) is 12.1 Å². The van der Waals surface area contributed by atoms with Crippen molar-refractivity contribution < 1.29 is 8.42 Å². The quantitative estimate of drug-likeness (QED) is 0.863. The summed E-state index contributed by atoms with van der Waals surface area (Å²) >= 11 is 5.90. The van der Waals surface area contributed by atoms with Crippen molar-refractivity contribution in [3.8, 4) is 0 Å². The molecule has 0 saturated heterocycles. The first-order valence-electron chi connectivity index (χ1n) is 6.83. The highest BCUT2D eigenvalue weighted by Crippen LogP contribution is 2.34. The van der Waals surface area contributed by atoms with Gasteiger partial charge < -0.3 is 0 Å². The summed E-state index contributed by atoms with van der Waals surface area (Å²) in [7, 11) is -3.43. The lowest BCUT2D eigenvalue weighted by atomic mass is 9.99. The van der Waals surface area contributed by atoms with Gasteiger partial charge in [-0.2, -0.15) is 9.52 Å². The molecule has 1 heterocycles. The SMILES string of the molecule is CS(=O)(=O)N1N=C(c2ccc(Cl)cc2)C[C@@H]1c1ccccc1. The number of hydrogen-bond donors (Lipinski definition) is 0. The van der Waals surface area contributed by atoms with E-state index in [1.165, 1.54) is 10.7 Å². The van der Waals surface area contributed by atoms with Gasteiger partial charge in [-0.05, 0) is 23.3 Å². The zero-order valence-corrected chi connectivity index (χ0v) is 13.6. The Morgan fingerprint density at radius 2 is 1.73 bits per heavy atom. The molecular formula is C16H15ClN2O2S. The molecule has 4 nitrogen and oxygen atoms in total. The molecule has 0 saturated carbocycles. The summed E-state index contributed by atoms with van der Waals surface area (Å²) in [5, 5.41) is 4.98. The van der Waals surface area contributed by atoms with Gasteiger partial charge in [0.25, 0.3) is 0 Å². The number of nitrogens with zero attached hydrogens (tertiary/aromatic N) is 2. The summed E-state index contributed by atoms with van der Waals surface area (Å²) in [6.45, 7) is 0. The number of benzene rings is 2. The smallest absolute Gasteiger partial charge is 0.205 e. The highest BCUT2D eigenvalue weighted by atomic mass is 35.5. The van der Waals surface area contributed by atoms with Crippen LogP contribution in [0.4, 0.5) is 0 Å². The molecule has 0 fully saturated rings. The van der Waals surface area contributed by atoms with Crippen LogP contribution >= 0.6 is 11.6 Å². The van der Waals surface area contributed by atoms with Gasteiger partial charge in [-0.3, -0.25) is 0 Å². The standard InChI is InChI=1S/C16H15ClN2O2S/c1-22(20,21)19-16(13-5-3-2-4-6-13)11-15(18-19)12-7-9-14(17)10-8-12/h2-10,16H,11H2,1H3/t16-/m1/s1. The molecule has 6 heteroatoms. The minimum Gasteiger partial charge on any atom is -0.205 e. The zero-order valence-electron chi connectivity index (χ0n) is 12.0. The fraction of sp³-hybridized carbons (Fsp3) is 0.188. The molecule has 1 aliphatic rings. The first-order chi connectivity index (χ1) is 10.4. The molecule has 2 aromatic rings. The number of rotatable bonds is 3. The van der Waals surface area contributed by atoms with Crippen molar-refractivity contribution in [2.75, 3.05) is 6.26 Å². The van der Waals surface area contributed by atoms with Crippen LogP contribution in [0.1, 0.15) is 23.6 Å². The van der Waals surface area contributed by atoms with Crippen molar-refractivity contribution in [3.05, 3.63) is 70.7 Å². The lowest BCUT2D eigenvalue weighted by molar-refractivity contribution is 0.375. The van der Waals surface area contributed by atoms with Gasteiger partial charge in [0.1, 0.15) is 0 Å². The molecule has 1 aliphatic heterocycles. The summed E-state index contributed by atoms with van der Waals surface area (Å²) in [5.74, 6) is 0. The van der Waals surface area contributed by atoms with E-state index in [0.717, 1.165) is 16.8 Å². The van der Waals surface area contributed by atoms with Gasteiger partial charge in [-0.1, -0.05) is 54.1 Å². The van der Waals surface area contributed by atoms with Gasteiger partial charge in [0.15, 0.2) is 0 Å². The topological polar surface area (TPSA) is 49.7 Å². The number of halogens is 1. The molecule has 1 atom stereocenters. The highest BCUT2D eigenvalue weighted by Gasteiger charge is 2.34. The first kappa shape index (κ1) is 15.1. The fourth-order valence-corrected chi connectivity index (χ4v) is 3.57. The minimum absolute atomic E-state index is 0.304. The predicted octanol–water partition coefficient (Wildman–Crippen LogP) is 3.45. The van der Waals surface area contributed by atoms with Crippen LogP contribution in [0.2, 0.25) is 5.02 Å². The number of hydrogen-bond acceptors (Lipinski definition) is 3. The first-order valence-corrected chi connectivity index (χ1v) is 9.05. The van der Waals surface area contributed by atoms with Gasteiger partial charge in [0.05, 0.1) is 18.0 Å². The third kappa shape index (κ3) is 3.00. The second-order valence-corrected chi connectivity index (χ2v) is 7.50. The Kier molecular flexibility index (Phi) is 3.93. The molecule has 0 amide bonds. The lowest BCUT2D eigenvalue weighted by Gasteiger charge is -2.21. The van der Waals surface area contributed by atoms with E-state index in [9.17, 15) is 8.42 Å². The molecule has 2 aromatic carbocycles. The number of sulfonamides is 1. The largest absolute Gasteiger partial charge is 0.247 e. The Balaban J connectivity index is 2.00. The molecule has 114 valence electrons. The second-order valence-electron chi connectivity index (χ2n) is 5.22. The zero-order chi connectivity index (χ0) is 15.7. The molecule has 0 radical (unpaired) electrons. The lowest BCUT2D eigenvalue weighted by Crippen LogP contribution is -2.25. The Hall–Kier alpha value is -1.85. The van der Waals surface area contributed by atoms with Crippen LogP contribution in [0.3, 0.4) is 0 Å². The van der Waals surface area contributed by atoms with Gasteiger partial charge in [0.2, 0.25) is 10.0 Å². The van der Waals surface area contributed by atoms with E-state index in [2.05, 4.69) is 5.10 Å². The maximum absolute atomic E-state index is 12.0. The van der Waals surface area contributed by atoms with E-state index in [-0.39, 0.29) is 6.04 Å². The van der Waals surface area contributed by atoms with E-state index in [1.807, 2.05) is 42.5 Å². The third-order valence-electron chi connectivity index (χ3n) is 3.57. The average Bonchev–Trinajstić information content (AvgIpc) is 2.94. The summed E-state index contributed by atoms with van der Waals surface area (Å²) in [6, 6.07) is 16.5. The van der Waals surface area contributed by atoms with Crippen LogP contribution in [0.5, 0.6) is 0 Å². The van der Waals surface area contributed by atoms with E-state index < -0.39 is 10.0 Å². The highest BCUT2D eigenvalue weighted by molar-refractivity contribution is 7.88. The molecule has 0 bridgehead atoms. The molecule has 0 aromatic heterocycles. The van der Waals surface area contributed by atoms with Crippen LogP contribution in [0, 0.1) is 0 Å². The maximum Gasteiger partial charge on any atom is 0.247 e. The van der Waals surface area contributed by atoms with Crippen molar-refractivity contribution in [3.63, 3.8) is 0 Å². The normalized spacial score (nSPS) is 18.4. The van der Waals surface area contributed by atoms with E-state index >= 15 is 0 Å². The minimum atomic E-state index is -3.43. The Morgan fingerprint density at radius 1 is 1.09 bits per heavy atom. The Morgan fingerprint density at radius 3 is 2.32 bits per heavy atom. The van der Waals surface area contributed by atoms with Crippen LogP contribution in [0.25, 0.3) is 0 Å². The van der Waals surface area contributed by atoms with Crippen molar-refractivity contribution in [2.45, 2.75) is 12.5 Å². The summed E-state index contributed by atoms with van der Waals surface area (Å²) in [6.07, 6.45) is 1.72. The van der Waals surface area contributed by atoms with Gasteiger partial charge in [-0.15, -0.1) is 0 Å². The third-order valence-corrected chi connectivity index (χ3v) is 4.84. The van der Waals surface area contributed by atoms with Gasteiger partial charge in [0, 0.05) is 11.4 Å². The fourth-order valence-electron chi connectivity index (χ4n) is 2.53. The monoisotopic (exact) mass is 334 g/mol. The van der Waals surface area contributed by atoms with Crippen molar-refractivity contribution in [2.24, 2.45) is 5.10 Å². The molecule has 0 unspecified atom stereocenters. The van der Waals surface area contributed by atoms with Crippen LogP contribution in [-0.4, -0.2) is 24.8 Å². The average molecular weight is 335 g/mol. The van der Waals surface area contributed by atoms with E-state index in [4.69, 9.17) is 11.6 Å². The van der Waals surface area contributed by atoms with Gasteiger partial charge in [-0.25, -0.2) is 8.42 Å². The van der Waals surface area contributed by atoms with Crippen LogP contribution in [-0.2, 0) is 10.0 Å². The van der Waals surface area contributed by atoms with Gasteiger partial charge >= 0.3 is 0 Å². The van der Waals surface area contributed by atoms with Crippen molar-refractivity contribution >= 4 is 27.3 Å². The Labute approximate surface area is 135 Å². The molecule has 0 spiro atoms. The molecule has 22 heavy (non-hydrogen) atoms. The number of hydrazone groups is 1. The molecule has 0 aliphatic carbocycles. The summed E-state index contributed by atoms with van der Waals surface area (Å²) in [4.78, 5) is 0. The van der Waals surface area contributed by atoms with Crippen LogP contribution < -0.4 is 0 Å². The van der Waals surface area contributed by atoms with Crippen LogP contribution in [0.15, 0.2) is 59.7 Å². The molecule has 0 N–H and O–H groups in total. The second kappa shape index (κ2) is 5.74. The Bertz CT molecular complexity index is 802. The maximum atomic E-state index is 12.0. The summed E-state index contributed by atoms with van der Waals surface area (Å²) < 4.78 is 25.3. The molecule has 3 rings (SSSR count). The molecular weight excluding hydrogens is 320 g/mol.